The summed E-state index contributed by atoms with van der Waals surface area (Å²) in [5, 5.41) is 4.51. The van der Waals surface area contributed by atoms with Crippen molar-refractivity contribution in [2.75, 3.05) is 0 Å². The molecule has 0 saturated carbocycles. The molecule has 0 bridgehead atoms. The molecule has 4 aromatic rings. The van der Waals surface area contributed by atoms with Gasteiger partial charge in [0, 0.05) is 21.7 Å². The number of halogens is 1. The molecular weight excluding hydrogens is 428 g/mol. The SMILES string of the molecule is O=c1cc(-c2ccccc2)nc(SCc2nc(-c3ccc(Br)cc3)no2)[nH]1. The zero-order valence-corrected chi connectivity index (χ0v) is 16.3. The number of nitrogens with one attached hydrogen (secondary N) is 1. The average Bonchev–Trinajstić information content (AvgIpc) is 3.16. The van der Waals surface area contributed by atoms with Crippen LogP contribution in [-0.4, -0.2) is 20.1 Å². The normalized spacial score (nSPS) is 10.9. The van der Waals surface area contributed by atoms with Crippen molar-refractivity contribution in [3.8, 4) is 22.6 Å². The second-order valence-corrected chi connectivity index (χ2v) is 7.49. The lowest BCUT2D eigenvalue weighted by atomic mass is 10.1. The number of aromatic nitrogens is 4. The molecule has 6 nitrogen and oxygen atoms in total. The number of hydrogen-bond acceptors (Lipinski definition) is 6. The molecule has 0 unspecified atom stereocenters. The second kappa shape index (κ2) is 7.89. The van der Waals surface area contributed by atoms with E-state index in [-0.39, 0.29) is 5.56 Å². The van der Waals surface area contributed by atoms with Crippen LogP contribution in [-0.2, 0) is 5.75 Å². The molecule has 0 spiro atoms. The van der Waals surface area contributed by atoms with E-state index in [1.54, 1.807) is 0 Å². The molecule has 2 heterocycles. The Morgan fingerprint density at radius 3 is 2.56 bits per heavy atom. The third-order valence-electron chi connectivity index (χ3n) is 3.69. The predicted octanol–water partition coefficient (Wildman–Crippen LogP) is 4.54. The van der Waals surface area contributed by atoms with Crippen molar-refractivity contribution in [1.82, 2.24) is 20.1 Å². The monoisotopic (exact) mass is 440 g/mol. The maximum atomic E-state index is 11.9. The molecule has 0 atom stereocenters. The maximum Gasteiger partial charge on any atom is 0.252 e. The van der Waals surface area contributed by atoms with Crippen molar-refractivity contribution in [2.45, 2.75) is 10.9 Å². The quantitative estimate of drug-likeness (QED) is 0.362. The van der Waals surface area contributed by atoms with Crippen LogP contribution >= 0.6 is 27.7 Å². The Kier molecular flexibility index (Phi) is 5.17. The number of aromatic amines is 1. The summed E-state index contributed by atoms with van der Waals surface area (Å²) >= 11 is 4.74. The van der Waals surface area contributed by atoms with E-state index in [4.69, 9.17) is 4.52 Å². The Morgan fingerprint density at radius 1 is 1.00 bits per heavy atom. The molecule has 27 heavy (non-hydrogen) atoms. The molecule has 0 saturated heterocycles. The summed E-state index contributed by atoms with van der Waals surface area (Å²) < 4.78 is 6.29. The lowest BCUT2D eigenvalue weighted by molar-refractivity contribution is 0.391. The van der Waals surface area contributed by atoms with Gasteiger partial charge in [0.1, 0.15) is 0 Å². The van der Waals surface area contributed by atoms with Gasteiger partial charge in [0.2, 0.25) is 11.7 Å². The number of rotatable bonds is 5. The lowest BCUT2D eigenvalue weighted by Crippen LogP contribution is -2.08. The van der Waals surface area contributed by atoms with Crippen LogP contribution in [0, 0.1) is 0 Å². The van der Waals surface area contributed by atoms with Crippen LogP contribution in [0.25, 0.3) is 22.6 Å². The highest BCUT2D eigenvalue weighted by Gasteiger charge is 2.11. The Bertz CT molecular complexity index is 1110. The van der Waals surface area contributed by atoms with Gasteiger partial charge in [-0.25, -0.2) is 4.98 Å². The minimum Gasteiger partial charge on any atom is -0.338 e. The van der Waals surface area contributed by atoms with E-state index in [0.717, 1.165) is 15.6 Å². The average molecular weight is 441 g/mol. The molecular formula is C19H13BrN4O2S. The smallest absolute Gasteiger partial charge is 0.252 e. The standard InChI is InChI=1S/C19H13BrN4O2S/c20-14-8-6-13(7-9-14)18-23-17(26-24-18)11-27-19-21-15(10-16(25)22-19)12-4-2-1-3-5-12/h1-10H,11H2,(H,21,22,25). The van der Waals surface area contributed by atoms with Gasteiger partial charge in [-0.15, -0.1) is 0 Å². The summed E-state index contributed by atoms with van der Waals surface area (Å²) in [6, 6.07) is 18.7. The first-order valence-corrected chi connectivity index (χ1v) is 9.83. The van der Waals surface area contributed by atoms with Crippen LogP contribution in [0.5, 0.6) is 0 Å². The van der Waals surface area contributed by atoms with Gasteiger partial charge < -0.3 is 9.51 Å². The Balaban J connectivity index is 1.50. The molecule has 2 aromatic heterocycles. The summed E-state index contributed by atoms with van der Waals surface area (Å²) in [5.41, 5.74) is 2.19. The molecule has 0 aliphatic rings. The molecule has 0 aliphatic heterocycles. The summed E-state index contributed by atoms with van der Waals surface area (Å²) in [4.78, 5) is 23.6. The molecule has 1 N–H and O–H groups in total. The first kappa shape index (κ1) is 17.7. The molecule has 4 rings (SSSR count). The van der Waals surface area contributed by atoms with E-state index >= 15 is 0 Å². The van der Waals surface area contributed by atoms with E-state index < -0.39 is 0 Å². The Hall–Kier alpha value is -2.71. The van der Waals surface area contributed by atoms with Crippen molar-refractivity contribution in [2.24, 2.45) is 0 Å². The summed E-state index contributed by atoms with van der Waals surface area (Å²) in [6.07, 6.45) is 0. The van der Waals surface area contributed by atoms with Crippen LogP contribution in [0.1, 0.15) is 5.89 Å². The summed E-state index contributed by atoms with van der Waals surface area (Å²) in [6.45, 7) is 0. The van der Waals surface area contributed by atoms with Crippen molar-refractivity contribution < 1.29 is 4.52 Å². The van der Waals surface area contributed by atoms with Crippen molar-refractivity contribution in [1.29, 1.82) is 0 Å². The first-order valence-electron chi connectivity index (χ1n) is 8.05. The largest absolute Gasteiger partial charge is 0.338 e. The second-order valence-electron chi connectivity index (χ2n) is 5.61. The Morgan fingerprint density at radius 2 is 1.78 bits per heavy atom. The molecule has 8 heteroatoms. The highest BCUT2D eigenvalue weighted by atomic mass is 79.9. The molecule has 0 fully saturated rings. The number of nitrogens with zero attached hydrogens (tertiary/aromatic N) is 3. The first-order chi connectivity index (χ1) is 13.2. The van der Waals surface area contributed by atoms with E-state index in [0.29, 0.717) is 28.3 Å². The topological polar surface area (TPSA) is 84.7 Å². The molecule has 0 amide bonds. The van der Waals surface area contributed by atoms with Gasteiger partial charge in [0.05, 0.1) is 11.4 Å². The third-order valence-corrected chi connectivity index (χ3v) is 5.08. The number of thioether (sulfide) groups is 1. The fourth-order valence-electron chi connectivity index (χ4n) is 2.42. The highest BCUT2D eigenvalue weighted by Crippen LogP contribution is 2.23. The maximum absolute atomic E-state index is 11.9. The highest BCUT2D eigenvalue weighted by molar-refractivity contribution is 9.10. The van der Waals surface area contributed by atoms with Gasteiger partial charge in [0.15, 0.2) is 5.16 Å². The van der Waals surface area contributed by atoms with Crippen molar-refractivity contribution >= 4 is 27.7 Å². The van der Waals surface area contributed by atoms with Gasteiger partial charge in [0.25, 0.3) is 5.56 Å². The van der Waals surface area contributed by atoms with Crippen LogP contribution in [0.3, 0.4) is 0 Å². The van der Waals surface area contributed by atoms with Gasteiger partial charge in [-0.05, 0) is 24.3 Å². The molecule has 0 aliphatic carbocycles. The van der Waals surface area contributed by atoms with Gasteiger partial charge >= 0.3 is 0 Å². The third kappa shape index (κ3) is 4.35. The fourth-order valence-corrected chi connectivity index (χ4v) is 3.40. The van der Waals surface area contributed by atoms with Crippen molar-refractivity contribution in [3.05, 3.63) is 81.4 Å². The Labute approximate surface area is 167 Å². The van der Waals surface area contributed by atoms with Gasteiger partial charge in [-0.3, -0.25) is 4.79 Å². The van der Waals surface area contributed by atoms with Crippen LogP contribution in [0.4, 0.5) is 0 Å². The zero-order valence-electron chi connectivity index (χ0n) is 13.9. The van der Waals surface area contributed by atoms with E-state index in [1.165, 1.54) is 17.8 Å². The predicted molar refractivity (Wildman–Crippen MR) is 107 cm³/mol. The number of benzene rings is 2. The van der Waals surface area contributed by atoms with Crippen LogP contribution < -0.4 is 5.56 Å². The lowest BCUT2D eigenvalue weighted by Gasteiger charge is -2.03. The fraction of sp³-hybridized carbons (Fsp3) is 0.0526. The molecule has 134 valence electrons. The minimum absolute atomic E-state index is 0.201. The molecule has 2 aromatic carbocycles. The number of hydrogen-bond donors (Lipinski definition) is 1. The van der Waals surface area contributed by atoms with Crippen molar-refractivity contribution in [3.63, 3.8) is 0 Å². The van der Waals surface area contributed by atoms with E-state index in [9.17, 15) is 4.79 Å². The minimum atomic E-state index is -0.201. The van der Waals surface area contributed by atoms with Crippen LogP contribution in [0.2, 0.25) is 0 Å². The summed E-state index contributed by atoms with van der Waals surface area (Å²) in [7, 11) is 0. The van der Waals surface area contributed by atoms with E-state index in [2.05, 4.69) is 36.0 Å². The summed E-state index contributed by atoms with van der Waals surface area (Å²) in [5.74, 6) is 1.40. The zero-order chi connectivity index (χ0) is 18.6. The van der Waals surface area contributed by atoms with Crippen LogP contribution in [0.15, 0.2) is 79.6 Å². The van der Waals surface area contributed by atoms with E-state index in [1.807, 2.05) is 54.6 Å². The van der Waals surface area contributed by atoms with Gasteiger partial charge in [-0.1, -0.05) is 63.2 Å². The molecule has 0 radical (unpaired) electrons. The number of H-pyrrole nitrogens is 1. The van der Waals surface area contributed by atoms with Gasteiger partial charge in [-0.2, -0.15) is 4.98 Å².